The van der Waals surface area contributed by atoms with E-state index in [0.29, 0.717) is 19.8 Å². The molecule has 1 fully saturated rings. The Morgan fingerprint density at radius 1 is 1.40 bits per heavy atom. The molecule has 0 amide bonds. The number of hydrogen-bond acceptors (Lipinski definition) is 5. The molecule has 1 atom stereocenters. The molecule has 1 aromatic carbocycles. The molecule has 25 heavy (non-hydrogen) atoms. The molecule has 0 spiro atoms. The van der Waals surface area contributed by atoms with Crippen LogP contribution >= 0.6 is 0 Å². The first kappa shape index (κ1) is 18.1. The van der Waals surface area contributed by atoms with Crippen molar-refractivity contribution in [3.8, 4) is 0 Å². The van der Waals surface area contributed by atoms with Crippen molar-refractivity contribution in [2.75, 3.05) is 26.8 Å². The predicted molar refractivity (Wildman–Crippen MR) is 92.5 cm³/mol. The van der Waals surface area contributed by atoms with Crippen LogP contribution in [0.5, 0.6) is 0 Å². The Hall–Kier alpha value is -1.74. The first-order chi connectivity index (χ1) is 12.0. The molecule has 8 heteroatoms. The van der Waals surface area contributed by atoms with Gasteiger partial charge in [-0.3, -0.25) is 4.68 Å². The van der Waals surface area contributed by atoms with Crippen LogP contribution in [0.1, 0.15) is 24.2 Å². The molecule has 1 aromatic heterocycles. The maximum Gasteiger partial charge on any atom is 0.243 e. The number of ether oxygens (including phenoxy) is 2. The molecule has 0 bridgehead atoms. The molecule has 2 aromatic rings. The van der Waals surface area contributed by atoms with Crippen LogP contribution in [-0.4, -0.2) is 49.3 Å². The molecule has 1 aliphatic rings. The zero-order valence-electron chi connectivity index (χ0n) is 14.5. The minimum Gasteiger partial charge on any atom is -0.380 e. The van der Waals surface area contributed by atoms with Crippen molar-refractivity contribution < 1.29 is 17.9 Å². The number of aryl methyl sites for hydroxylation is 1. The molecule has 1 saturated heterocycles. The van der Waals surface area contributed by atoms with Crippen LogP contribution < -0.4 is 0 Å². The summed E-state index contributed by atoms with van der Waals surface area (Å²) in [7, 11) is -1.98. The molecule has 0 unspecified atom stereocenters. The molecule has 0 N–H and O–H groups in total. The van der Waals surface area contributed by atoms with Crippen molar-refractivity contribution in [3.05, 3.63) is 47.8 Å². The van der Waals surface area contributed by atoms with Gasteiger partial charge in [-0.2, -0.15) is 9.40 Å². The van der Waals surface area contributed by atoms with Crippen LogP contribution in [0.2, 0.25) is 0 Å². The van der Waals surface area contributed by atoms with Crippen molar-refractivity contribution in [1.82, 2.24) is 14.1 Å². The first-order valence-electron chi connectivity index (χ1n) is 8.26. The Morgan fingerprint density at radius 2 is 2.24 bits per heavy atom. The number of aromatic nitrogens is 2. The van der Waals surface area contributed by atoms with Crippen molar-refractivity contribution in [3.63, 3.8) is 0 Å². The molecule has 2 heterocycles. The summed E-state index contributed by atoms with van der Waals surface area (Å²) in [6.45, 7) is 4.13. The van der Waals surface area contributed by atoms with E-state index >= 15 is 0 Å². The second-order valence-electron chi connectivity index (χ2n) is 5.93. The molecule has 1 aliphatic heterocycles. The Morgan fingerprint density at radius 3 is 2.96 bits per heavy atom. The summed E-state index contributed by atoms with van der Waals surface area (Å²) in [4.78, 5) is 0.284. The maximum absolute atomic E-state index is 13.0. The first-order valence-corrected chi connectivity index (χ1v) is 9.70. The lowest BCUT2D eigenvalue weighted by molar-refractivity contribution is -0.00260. The molecular weight excluding hydrogens is 342 g/mol. The molecule has 136 valence electrons. The van der Waals surface area contributed by atoms with Crippen LogP contribution in [0.25, 0.3) is 0 Å². The SMILES string of the molecule is CCn1cc([C@H]2CN(S(=O)(=O)c3cccc(COC)c3)CCO2)cn1. The van der Waals surface area contributed by atoms with E-state index in [1.807, 2.05) is 19.2 Å². The Bertz CT molecular complexity index is 819. The summed E-state index contributed by atoms with van der Waals surface area (Å²) in [6.07, 6.45) is 3.34. The summed E-state index contributed by atoms with van der Waals surface area (Å²) in [5, 5.41) is 4.24. The average molecular weight is 365 g/mol. The van der Waals surface area contributed by atoms with Crippen LogP contribution in [0.3, 0.4) is 0 Å². The minimum absolute atomic E-state index is 0.284. The lowest BCUT2D eigenvalue weighted by Crippen LogP contribution is -2.42. The average Bonchev–Trinajstić information content (AvgIpc) is 3.12. The van der Waals surface area contributed by atoms with Gasteiger partial charge in [-0.25, -0.2) is 8.42 Å². The van der Waals surface area contributed by atoms with Gasteiger partial charge in [0.05, 0.1) is 30.4 Å². The summed E-state index contributed by atoms with van der Waals surface area (Å²) in [6, 6.07) is 6.88. The standard InChI is InChI=1S/C17H23N3O4S/c1-3-19-11-15(10-18-19)17-12-20(7-8-24-17)25(21,22)16-6-4-5-14(9-16)13-23-2/h4-6,9-11,17H,3,7-8,12-13H2,1-2H3/t17-/m1/s1. The monoisotopic (exact) mass is 365 g/mol. The van der Waals surface area contributed by atoms with Crippen molar-refractivity contribution in [2.24, 2.45) is 0 Å². The highest BCUT2D eigenvalue weighted by atomic mass is 32.2. The number of rotatable bonds is 6. The highest BCUT2D eigenvalue weighted by Gasteiger charge is 2.32. The van der Waals surface area contributed by atoms with E-state index in [9.17, 15) is 8.42 Å². The smallest absolute Gasteiger partial charge is 0.243 e. The largest absolute Gasteiger partial charge is 0.380 e. The van der Waals surface area contributed by atoms with E-state index in [-0.39, 0.29) is 17.5 Å². The van der Waals surface area contributed by atoms with Gasteiger partial charge in [-0.05, 0) is 24.6 Å². The van der Waals surface area contributed by atoms with E-state index < -0.39 is 10.0 Å². The molecular formula is C17H23N3O4S. The molecule has 0 saturated carbocycles. The lowest BCUT2D eigenvalue weighted by Gasteiger charge is -2.31. The zero-order chi connectivity index (χ0) is 17.9. The highest BCUT2D eigenvalue weighted by Crippen LogP contribution is 2.26. The second kappa shape index (κ2) is 7.65. The summed E-state index contributed by atoms with van der Waals surface area (Å²) >= 11 is 0. The fourth-order valence-corrected chi connectivity index (χ4v) is 4.37. The predicted octanol–water partition coefficient (Wildman–Crippen LogP) is 1.81. The van der Waals surface area contributed by atoms with E-state index in [4.69, 9.17) is 9.47 Å². The molecule has 0 aliphatic carbocycles. The number of benzene rings is 1. The fraction of sp³-hybridized carbons (Fsp3) is 0.471. The molecule has 7 nitrogen and oxygen atoms in total. The number of sulfonamides is 1. The van der Waals surface area contributed by atoms with Gasteiger partial charge < -0.3 is 9.47 Å². The third-order valence-electron chi connectivity index (χ3n) is 4.23. The fourth-order valence-electron chi connectivity index (χ4n) is 2.88. The van der Waals surface area contributed by atoms with Gasteiger partial charge in [-0.1, -0.05) is 12.1 Å². The third kappa shape index (κ3) is 3.92. The van der Waals surface area contributed by atoms with Crippen molar-refractivity contribution >= 4 is 10.0 Å². The molecule has 3 rings (SSSR count). The number of methoxy groups -OCH3 is 1. The van der Waals surface area contributed by atoms with E-state index in [2.05, 4.69) is 5.10 Å². The normalized spacial score (nSPS) is 19.2. The minimum atomic E-state index is -3.57. The molecule has 0 radical (unpaired) electrons. The number of nitrogens with zero attached hydrogens (tertiary/aromatic N) is 3. The van der Waals surface area contributed by atoms with Gasteiger partial charge in [0.2, 0.25) is 10.0 Å². The maximum atomic E-state index is 13.0. The lowest BCUT2D eigenvalue weighted by atomic mass is 10.2. The van der Waals surface area contributed by atoms with Gasteiger partial charge in [0.1, 0.15) is 0 Å². The van der Waals surface area contributed by atoms with Crippen molar-refractivity contribution in [2.45, 2.75) is 31.1 Å². The van der Waals surface area contributed by atoms with Gasteiger partial charge in [-0.15, -0.1) is 0 Å². The highest BCUT2D eigenvalue weighted by molar-refractivity contribution is 7.89. The van der Waals surface area contributed by atoms with Crippen molar-refractivity contribution in [1.29, 1.82) is 0 Å². The Labute approximate surface area is 148 Å². The zero-order valence-corrected chi connectivity index (χ0v) is 15.3. The van der Waals surface area contributed by atoms with Crippen LogP contribution in [0.4, 0.5) is 0 Å². The van der Waals surface area contributed by atoms with Gasteiger partial charge in [0, 0.05) is 38.5 Å². The number of hydrogen-bond donors (Lipinski definition) is 0. The summed E-state index contributed by atoms with van der Waals surface area (Å²) in [5.74, 6) is 0. The van der Waals surface area contributed by atoms with Crippen LogP contribution in [0, 0.1) is 0 Å². The van der Waals surface area contributed by atoms with Crippen LogP contribution in [-0.2, 0) is 32.6 Å². The quantitative estimate of drug-likeness (QED) is 0.781. The van der Waals surface area contributed by atoms with E-state index in [0.717, 1.165) is 17.7 Å². The second-order valence-corrected chi connectivity index (χ2v) is 7.87. The summed E-state index contributed by atoms with van der Waals surface area (Å²) in [5.41, 5.74) is 1.73. The Balaban J connectivity index is 1.81. The Kier molecular flexibility index (Phi) is 5.53. The topological polar surface area (TPSA) is 73.7 Å². The van der Waals surface area contributed by atoms with Gasteiger partial charge in [0.25, 0.3) is 0 Å². The third-order valence-corrected chi connectivity index (χ3v) is 6.09. The van der Waals surface area contributed by atoms with Gasteiger partial charge in [0.15, 0.2) is 0 Å². The number of morpholine rings is 1. The van der Waals surface area contributed by atoms with Crippen LogP contribution in [0.15, 0.2) is 41.6 Å². The van der Waals surface area contributed by atoms with Gasteiger partial charge >= 0.3 is 0 Å². The van der Waals surface area contributed by atoms with E-state index in [1.165, 1.54) is 4.31 Å². The van der Waals surface area contributed by atoms with E-state index in [1.54, 1.807) is 36.2 Å². The summed E-state index contributed by atoms with van der Waals surface area (Å²) < 4.78 is 40.1.